The highest BCUT2D eigenvalue weighted by Gasteiger charge is 2.13. The third kappa shape index (κ3) is 5.08. The molecule has 3 aromatic carbocycles. The molecule has 0 bridgehead atoms. The summed E-state index contributed by atoms with van der Waals surface area (Å²) in [5.74, 6) is 0. The number of hydrogen-bond acceptors (Lipinski definition) is 1. The van der Waals surface area contributed by atoms with E-state index in [4.69, 9.17) is 0 Å². The van der Waals surface area contributed by atoms with Crippen LogP contribution in [0.5, 0.6) is 0 Å². The van der Waals surface area contributed by atoms with E-state index in [0.29, 0.717) is 0 Å². The van der Waals surface area contributed by atoms with E-state index in [9.17, 15) is 0 Å². The van der Waals surface area contributed by atoms with Crippen LogP contribution in [0.15, 0.2) is 85.0 Å². The topological polar surface area (TPSA) is 0 Å². The van der Waals surface area contributed by atoms with Gasteiger partial charge in [-0.3, -0.25) is 0 Å². The lowest BCUT2D eigenvalue weighted by Crippen LogP contribution is -2.19. The van der Waals surface area contributed by atoms with Gasteiger partial charge >= 0.3 is 0 Å². The number of hydrogen-bond donors (Lipinski definition) is 0. The monoisotopic (exact) mass is 488 g/mol. The third-order valence-corrected chi connectivity index (χ3v) is 8.46. The zero-order valence-corrected chi connectivity index (χ0v) is 23.1. The molecule has 0 unspecified atom stereocenters. The Labute approximate surface area is 220 Å². The first kappa shape index (κ1) is 25.7. The van der Waals surface area contributed by atoms with E-state index >= 15 is 0 Å². The second kappa shape index (κ2) is 11.1. The van der Waals surface area contributed by atoms with E-state index in [2.05, 4.69) is 127 Å². The minimum Gasteiger partial charge on any atom is -0.135 e. The Balaban J connectivity index is 1.80. The summed E-state index contributed by atoms with van der Waals surface area (Å²) in [7, 11) is 0. The van der Waals surface area contributed by atoms with Gasteiger partial charge in [0.15, 0.2) is 0 Å². The Morgan fingerprint density at radius 2 is 1.58 bits per heavy atom. The van der Waals surface area contributed by atoms with E-state index in [-0.39, 0.29) is 0 Å². The highest BCUT2D eigenvalue weighted by atomic mass is 32.1. The summed E-state index contributed by atoms with van der Waals surface area (Å²) in [6.07, 6.45) is 8.69. The smallest absolute Gasteiger partial charge is 0.0384 e. The Kier molecular flexibility index (Phi) is 7.91. The molecule has 0 nitrogen and oxygen atoms in total. The molecule has 0 spiro atoms. The van der Waals surface area contributed by atoms with Crippen LogP contribution in [0.4, 0.5) is 0 Å². The largest absolute Gasteiger partial charge is 0.135 e. The van der Waals surface area contributed by atoms with Crippen LogP contribution in [-0.4, -0.2) is 0 Å². The molecule has 0 saturated heterocycles. The molecular formula is C35H36S. The average molecular weight is 489 g/mol. The van der Waals surface area contributed by atoms with Gasteiger partial charge in [0.1, 0.15) is 0 Å². The fourth-order valence-corrected chi connectivity index (χ4v) is 5.79. The van der Waals surface area contributed by atoms with Gasteiger partial charge in [0.25, 0.3) is 0 Å². The molecule has 0 aliphatic rings. The Bertz CT molecular complexity index is 1590. The quantitative estimate of drug-likeness (QED) is 0.228. The van der Waals surface area contributed by atoms with Crippen molar-refractivity contribution in [1.29, 1.82) is 0 Å². The highest BCUT2D eigenvalue weighted by Crippen LogP contribution is 2.32. The highest BCUT2D eigenvalue weighted by molar-refractivity contribution is 7.17. The van der Waals surface area contributed by atoms with E-state index in [0.717, 1.165) is 23.6 Å². The first-order valence-corrected chi connectivity index (χ1v) is 13.6. The predicted molar refractivity (Wildman–Crippen MR) is 163 cm³/mol. The summed E-state index contributed by atoms with van der Waals surface area (Å²) in [6.45, 7) is 19.7. The van der Waals surface area contributed by atoms with Crippen LogP contribution < -0.4 is 9.75 Å². The summed E-state index contributed by atoms with van der Waals surface area (Å²) in [5, 5.41) is 2.38. The van der Waals surface area contributed by atoms with Crippen LogP contribution in [0.1, 0.15) is 67.0 Å². The van der Waals surface area contributed by atoms with Crippen LogP contribution in [0, 0.1) is 13.8 Å². The van der Waals surface area contributed by atoms with Crippen LogP contribution in [0.25, 0.3) is 33.9 Å². The Morgan fingerprint density at radius 3 is 2.25 bits per heavy atom. The number of benzene rings is 3. The lowest BCUT2D eigenvalue weighted by atomic mass is 9.88. The van der Waals surface area contributed by atoms with E-state index in [1.807, 2.05) is 11.3 Å². The maximum absolute atomic E-state index is 4.39. The van der Waals surface area contributed by atoms with E-state index in [1.54, 1.807) is 0 Å². The number of fused-ring (bicyclic) bond motifs is 1. The fourth-order valence-electron chi connectivity index (χ4n) is 4.61. The summed E-state index contributed by atoms with van der Waals surface area (Å²) in [4.78, 5) is 0. The van der Waals surface area contributed by atoms with Crippen LogP contribution in [0.3, 0.4) is 0 Å². The van der Waals surface area contributed by atoms with Gasteiger partial charge < -0.3 is 0 Å². The van der Waals surface area contributed by atoms with Crippen molar-refractivity contribution in [3.05, 3.63) is 128 Å². The van der Waals surface area contributed by atoms with Crippen molar-refractivity contribution in [1.82, 2.24) is 0 Å². The molecule has 0 aliphatic carbocycles. The third-order valence-electron chi connectivity index (χ3n) is 7.12. The predicted octanol–water partition coefficient (Wildman–Crippen LogP) is 8.97. The zero-order valence-electron chi connectivity index (χ0n) is 22.2. The summed E-state index contributed by atoms with van der Waals surface area (Å²) in [6, 6.07) is 22.0. The molecule has 1 aromatic heterocycles. The molecule has 0 atom stereocenters. The minimum absolute atomic E-state index is 0.933. The van der Waals surface area contributed by atoms with Gasteiger partial charge in [-0.2, -0.15) is 0 Å². The average Bonchev–Trinajstić information content (AvgIpc) is 3.24. The van der Waals surface area contributed by atoms with Crippen molar-refractivity contribution in [2.75, 3.05) is 0 Å². The van der Waals surface area contributed by atoms with Crippen molar-refractivity contribution >= 4 is 45.2 Å². The van der Waals surface area contributed by atoms with E-state index in [1.165, 1.54) is 59.1 Å². The van der Waals surface area contributed by atoms with Crippen molar-refractivity contribution in [3.8, 4) is 0 Å². The maximum atomic E-state index is 4.39. The van der Waals surface area contributed by atoms with Gasteiger partial charge in [0.05, 0.1) is 0 Å². The number of thiophene rings is 1. The molecule has 4 rings (SSSR count). The van der Waals surface area contributed by atoms with Gasteiger partial charge in [-0.25, -0.2) is 0 Å². The lowest BCUT2D eigenvalue weighted by molar-refractivity contribution is 1.16. The molecule has 0 N–H and O–H groups in total. The molecule has 0 fully saturated rings. The van der Waals surface area contributed by atoms with Gasteiger partial charge in [0, 0.05) is 9.23 Å². The summed E-state index contributed by atoms with van der Waals surface area (Å²) >= 11 is 1.83. The molecular weight excluding hydrogens is 452 g/mol. The number of rotatable bonds is 7. The minimum atomic E-state index is 0.933. The van der Waals surface area contributed by atoms with Gasteiger partial charge in [0.2, 0.25) is 0 Å². The van der Waals surface area contributed by atoms with Crippen molar-refractivity contribution in [2.45, 2.75) is 47.5 Å². The molecule has 0 saturated carbocycles. The van der Waals surface area contributed by atoms with Crippen molar-refractivity contribution in [2.24, 2.45) is 0 Å². The molecule has 36 heavy (non-hydrogen) atoms. The SMILES string of the molecule is C=C(/C=C(/c1ccc(/C(C)=c2\sc3ccccc3c2=C)cc1)c1ccc(/C=C\CC)c(C)c1C)CC. The molecule has 4 aromatic rings. The van der Waals surface area contributed by atoms with Crippen LogP contribution >= 0.6 is 11.3 Å². The normalized spacial score (nSPS) is 13.0. The molecule has 0 aliphatic heterocycles. The number of allylic oxidation sites excluding steroid dienone is 3. The maximum Gasteiger partial charge on any atom is 0.0384 e. The second-order valence-corrected chi connectivity index (χ2v) is 10.5. The molecule has 182 valence electrons. The first-order valence-electron chi connectivity index (χ1n) is 12.8. The lowest BCUT2D eigenvalue weighted by Gasteiger charge is -2.16. The fraction of sp³-hybridized carbons (Fsp3) is 0.200. The zero-order chi connectivity index (χ0) is 25.8. The van der Waals surface area contributed by atoms with Crippen LogP contribution in [0.2, 0.25) is 0 Å². The summed E-state index contributed by atoms with van der Waals surface area (Å²) in [5.41, 5.74) is 11.3. The van der Waals surface area contributed by atoms with Crippen molar-refractivity contribution in [3.63, 3.8) is 0 Å². The van der Waals surface area contributed by atoms with E-state index < -0.39 is 0 Å². The second-order valence-electron chi connectivity index (χ2n) is 9.44. The van der Waals surface area contributed by atoms with Gasteiger partial charge in [-0.05, 0) is 94.8 Å². The molecule has 0 radical (unpaired) electrons. The molecule has 1 heterocycles. The Hall–Kier alpha value is -3.42. The van der Waals surface area contributed by atoms with Gasteiger partial charge in [-0.15, -0.1) is 11.3 Å². The van der Waals surface area contributed by atoms with Gasteiger partial charge in [-0.1, -0.05) is 105 Å². The Morgan fingerprint density at radius 1 is 0.889 bits per heavy atom. The van der Waals surface area contributed by atoms with Crippen LogP contribution in [-0.2, 0) is 0 Å². The molecule has 1 heteroatoms. The van der Waals surface area contributed by atoms with Crippen molar-refractivity contribution < 1.29 is 0 Å². The standard InChI is InChI=1S/C35H36S/c1-8-10-13-28-20-21-31(25(5)24(28)4)33(22-23(3)9-2)30-18-16-29(17-19-30)26(6)35-27(7)32-14-11-12-15-34(32)36-35/h10-22H,3,7-9H2,1-2,4-6H3/b13-10-,33-22-,35-26-. The summed E-state index contributed by atoms with van der Waals surface area (Å²) < 4.78 is 2.56. The molecule has 0 amide bonds. The first-order chi connectivity index (χ1) is 17.3.